The van der Waals surface area contributed by atoms with Crippen molar-refractivity contribution in [2.24, 2.45) is 0 Å². The van der Waals surface area contributed by atoms with E-state index in [4.69, 9.17) is 4.74 Å². The summed E-state index contributed by atoms with van der Waals surface area (Å²) in [5, 5.41) is 12.0. The molecule has 0 aliphatic carbocycles. The second kappa shape index (κ2) is 9.72. The number of rotatable bonds is 6. The molecule has 0 spiro atoms. The minimum absolute atomic E-state index is 0.228. The second-order valence-electron chi connectivity index (χ2n) is 9.08. The molecule has 6 rings (SSSR count). The number of pyridine rings is 2. The van der Waals surface area contributed by atoms with Gasteiger partial charge in [0.2, 0.25) is 0 Å². The van der Waals surface area contributed by atoms with Gasteiger partial charge in [0.1, 0.15) is 11.9 Å². The van der Waals surface area contributed by atoms with Crippen LogP contribution in [0.5, 0.6) is 5.75 Å². The molecule has 3 N–H and O–H groups in total. The number of hydrogen-bond acceptors (Lipinski definition) is 6. The van der Waals surface area contributed by atoms with Gasteiger partial charge in [-0.2, -0.15) is 5.10 Å². The Labute approximate surface area is 213 Å². The van der Waals surface area contributed by atoms with Gasteiger partial charge in [0.05, 0.1) is 17.6 Å². The van der Waals surface area contributed by atoms with Crippen LogP contribution >= 0.6 is 11.3 Å². The van der Waals surface area contributed by atoms with Gasteiger partial charge in [0, 0.05) is 50.4 Å². The summed E-state index contributed by atoms with van der Waals surface area (Å²) < 4.78 is 6.21. The Kier molecular flexibility index (Phi) is 6.13. The van der Waals surface area contributed by atoms with E-state index in [2.05, 4.69) is 80.9 Å². The summed E-state index contributed by atoms with van der Waals surface area (Å²) in [4.78, 5) is 15.0. The Balaban J connectivity index is 1.31. The number of hydrogen-bond donors (Lipinski definition) is 3. The molecule has 1 saturated heterocycles. The molecule has 6 heterocycles. The van der Waals surface area contributed by atoms with Gasteiger partial charge in [-0.1, -0.05) is 6.08 Å². The molecule has 0 bridgehead atoms. The van der Waals surface area contributed by atoms with Crippen LogP contribution in [-0.2, 0) is 0 Å². The number of fused-ring (bicyclic) bond motifs is 1. The van der Waals surface area contributed by atoms with E-state index in [1.165, 1.54) is 15.3 Å². The van der Waals surface area contributed by atoms with Gasteiger partial charge in [-0.25, -0.2) is 4.98 Å². The molecule has 1 fully saturated rings. The molecule has 1 aliphatic heterocycles. The topological polar surface area (TPSA) is 91.5 Å². The first-order chi connectivity index (χ1) is 17.7. The third-order valence-electron chi connectivity index (χ3n) is 6.60. The number of allylic oxidation sites excluding steroid dienone is 1. The molecule has 0 atom stereocenters. The van der Waals surface area contributed by atoms with Crippen LogP contribution in [0.2, 0.25) is 0 Å². The lowest BCUT2D eigenvalue weighted by atomic mass is 10.1. The monoisotopic (exact) mass is 496 g/mol. The van der Waals surface area contributed by atoms with E-state index in [0.717, 1.165) is 65.1 Å². The van der Waals surface area contributed by atoms with Crippen LogP contribution in [0.25, 0.3) is 39.1 Å². The Morgan fingerprint density at radius 3 is 2.75 bits per heavy atom. The lowest BCUT2D eigenvalue weighted by Gasteiger charge is -2.23. The maximum Gasteiger partial charge on any atom is 0.181 e. The zero-order valence-electron chi connectivity index (χ0n) is 20.3. The molecule has 8 heteroatoms. The summed E-state index contributed by atoms with van der Waals surface area (Å²) in [6, 6.07) is 10.7. The SMILES string of the molecule is C/C=C(\c1c[nH]c(-c2[nH]nc3ncc(-c4cncc(OC5CCNCC5)c4)cc23)c1)c1ccc(C)s1. The quantitative estimate of drug-likeness (QED) is 0.269. The van der Waals surface area contributed by atoms with Crippen LogP contribution in [0, 0.1) is 6.92 Å². The van der Waals surface area contributed by atoms with Crippen LogP contribution in [0.3, 0.4) is 0 Å². The normalized spacial score (nSPS) is 15.0. The Bertz CT molecular complexity index is 1540. The number of nitrogens with zero attached hydrogens (tertiary/aromatic N) is 3. The number of nitrogens with one attached hydrogen (secondary N) is 3. The van der Waals surface area contributed by atoms with Crippen molar-refractivity contribution < 1.29 is 4.74 Å². The van der Waals surface area contributed by atoms with Crippen LogP contribution in [0.1, 0.15) is 35.1 Å². The van der Waals surface area contributed by atoms with Crippen LogP contribution in [0.4, 0.5) is 0 Å². The minimum atomic E-state index is 0.228. The molecule has 0 unspecified atom stereocenters. The highest BCUT2D eigenvalue weighted by atomic mass is 32.1. The highest BCUT2D eigenvalue weighted by Gasteiger charge is 2.17. The number of aromatic amines is 2. The summed E-state index contributed by atoms with van der Waals surface area (Å²) in [6.07, 6.45) is 11.9. The first-order valence-electron chi connectivity index (χ1n) is 12.3. The van der Waals surface area contributed by atoms with Crippen molar-refractivity contribution in [1.29, 1.82) is 0 Å². The predicted molar refractivity (Wildman–Crippen MR) is 145 cm³/mol. The van der Waals surface area contributed by atoms with Crippen molar-refractivity contribution >= 4 is 27.9 Å². The molecule has 5 aromatic heterocycles. The van der Waals surface area contributed by atoms with E-state index in [0.29, 0.717) is 5.65 Å². The predicted octanol–water partition coefficient (Wildman–Crippen LogP) is 5.97. The standard InChI is InChI=1S/C28H28N6OS/c1-3-23(26-5-4-17(2)36-26)20-12-25(31-15-20)27-24-11-19(14-32-28(24)34-33-27)18-10-22(16-30-13-18)35-21-6-8-29-9-7-21/h3-5,10-16,21,29,31H,6-9H2,1-2H3,(H,32,33,34)/b23-3+. The fourth-order valence-electron chi connectivity index (χ4n) is 4.73. The van der Waals surface area contributed by atoms with E-state index in [9.17, 15) is 0 Å². The van der Waals surface area contributed by atoms with Gasteiger partial charge in [0.15, 0.2) is 5.65 Å². The fourth-order valence-corrected chi connectivity index (χ4v) is 5.70. The molecule has 0 amide bonds. The van der Waals surface area contributed by atoms with Crippen molar-refractivity contribution in [2.45, 2.75) is 32.8 Å². The Morgan fingerprint density at radius 1 is 1.08 bits per heavy atom. The lowest BCUT2D eigenvalue weighted by molar-refractivity contribution is 0.162. The van der Waals surface area contributed by atoms with Crippen LogP contribution in [-0.4, -0.2) is 44.3 Å². The maximum absolute atomic E-state index is 6.21. The number of aromatic nitrogens is 5. The van der Waals surface area contributed by atoms with Gasteiger partial charge < -0.3 is 15.0 Å². The molecule has 0 saturated carbocycles. The largest absolute Gasteiger partial charge is 0.489 e. The minimum Gasteiger partial charge on any atom is -0.489 e. The highest BCUT2D eigenvalue weighted by molar-refractivity contribution is 7.13. The third kappa shape index (κ3) is 4.45. The van der Waals surface area contributed by atoms with Gasteiger partial charge in [-0.3, -0.25) is 10.1 Å². The molecule has 1 aliphatic rings. The number of piperidine rings is 1. The van der Waals surface area contributed by atoms with E-state index < -0.39 is 0 Å². The summed E-state index contributed by atoms with van der Waals surface area (Å²) in [7, 11) is 0. The van der Waals surface area contributed by atoms with E-state index in [1.807, 2.05) is 18.5 Å². The number of aryl methyl sites for hydroxylation is 1. The van der Waals surface area contributed by atoms with Gasteiger partial charge in [-0.15, -0.1) is 11.3 Å². The molecule has 36 heavy (non-hydrogen) atoms. The summed E-state index contributed by atoms with van der Waals surface area (Å²) in [5.41, 5.74) is 6.88. The van der Waals surface area contributed by atoms with Crippen molar-refractivity contribution in [2.75, 3.05) is 13.1 Å². The lowest BCUT2D eigenvalue weighted by Crippen LogP contribution is -2.34. The van der Waals surface area contributed by atoms with Crippen molar-refractivity contribution in [3.05, 3.63) is 76.5 Å². The summed E-state index contributed by atoms with van der Waals surface area (Å²) in [6.45, 7) is 6.20. The van der Waals surface area contributed by atoms with E-state index in [-0.39, 0.29) is 6.10 Å². The molecular formula is C28H28N6OS. The molecule has 182 valence electrons. The Hall–Kier alpha value is -3.75. The van der Waals surface area contributed by atoms with Crippen molar-refractivity contribution in [3.8, 4) is 28.3 Å². The second-order valence-corrected chi connectivity index (χ2v) is 10.4. The zero-order valence-corrected chi connectivity index (χ0v) is 21.2. The maximum atomic E-state index is 6.21. The van der Waals surface area contributed by atoms with Gasteiger partial charge >= 0.3 is 0 Å². The van der Waals surface area contributed by atoms with Gasteiger partial charge in [0.25, 0.3) is 0 Å². The Morgan fingerprint density at radius 2 is 1.94 bits per heavy atom. The molecule has 0 radical (unpaired) electrons. The first kappa shape index (κ1) is 22.7. The molecule has 0 aromatic carbocycles. The molecule has 7 nitrogen and oxygen atoms in total. The molecular weight excluding hydrogens is 468 g/mol. The van der Waals surface area contributed by atoms with Gasteiger partial charge in [-0.05, 0) is 75.7 Å². The first-order valence-corrected chi connectivity index (χ1v) is 13.1. The summed E-state index contributed by atoms with van der Waals surface area (Å²) in [5.74, 6) is 0.795. The van der Waals surface area contributed by atoms with E-state index in [1.54, 1.807) is 17.5 Å². The van der Waals surface area contributed by atoms with E-state index >= 15 is 0 Å². The van der Waals surface area contributed by atoms with Crippen LogP contribution in [0.15, 0.2) is 61.2 Å². The smallest absolute Gasteiger partial charge is 0.181 e. The van der Waals surface area contributed by atoms with Crippen molar-refractivity contribution in [3.63, 3.8) is 0 Å². The number of thiophene rings is 1. The number of ether oxygens (including phenoxy) is 1. The zero-order chi connectivity index (χ0) is 24.5. The average molecular weight is 497 g/mol. The summed E-state index contributed by atoms with van der Waals surface area (Å²) >= 11 is 1.80. The number of H-pyrrole nitrogens is 2. The van der Waals surface area contributed by atoms with Crippen LogP contribution < -0.4 is 10.1 Å². The molecule has 5 aromatic rings. The van der Waals surface area contributed by atoms with Crippen molar-refractivity contribution in [1.82, 2.24) is 30.5 Å². The average Bonchev–Trinajstić information content (AvgIpc) is 3.65. The highest BCUT2D eigenvalue weighted by Crippen LogP contribution is 2.34. The third-order valence-corrected chi connectivity index (χ3v) is 7.64. The fraction of sp³-hybridized carbons (Fsp3) is 0.250.